The molecule has 0 aliphatic rings. The summed E-state index contributed by atoms with van der Waals surface area (Å²) in [5.74, 6) is -0.858. The van der Waals surface area contributed by atoms with Gasteiger partial charge < -0.3 is 5.32 Å². The number of alkyl halides is 3. The van der Waals surface area contributed by atoms with Crippen LogP contribution in [0.3, 0.4) is 0 Å². The lowest BCUT2D eigenvalue weighted by molar-refractivity contribution is -0.136. The summed E-state index contributed by atoms with van der Waals surface area (Å²) >= 11 is 0. The summed E-state index contributed by atoms with van der Waals surface area (Å²) in [5, 5.41) is 2.21. The monoisotopic (exact) mass is 434 g/mol. The van der Waals surface area contributed by atoms with Gasteiger partial charge in [0.1, 0.15) is 0 Å². The van der Waals surface area contributed by atoms with Crippen LogP contribution in [0.5, 0.6) is 0 Å². The molecule has 5 nitrogen and oxygen atoms in total. The molecule has 2 N–H and O–H groups in total. The predicted octanol–water partition coefficient (Wildman–Crippen LogP) is 5.07. The van der Waals surface area contributed by atoms with E-state index in [2.05, 4.69) is 10.0 Å². The summed E-state index contributed by atoms with van der Waals surface area (Å²) in [4.78, 5) is 12.4. The van der Waals surface area contributed by atoms with Gasteiger partial charge in [-0.05, 0) is 48.9 Å². The molecule has 3 aromatic rings. The molecule has 3 rings (SSSR count). The largest absolute Gasteiger partial charge is 0.418 e. The maximum absolute atomic E-state index is 13.1. The molecule has 156 valence electrons. The zero-order valence-corrected chi connectivity index (χ0v) is 16.5. The fraction of sp³-hybridized carbons (Fsp3) is 0.0952. The number of hydrogen-bond donors (Lipinski definition) is 2. The highest BCUT2D eigenvalue weighted by Crippen LogP contribution is 2.34. The van der Waals surface area contributed by atoms with E-state index < -0.39 is 33.4 Å². The predicted molar refractivity (Wildman–Crippen MR) is 108 cm³/mol. The minimum absolute atomic E-state index is 0.0917. The first-order chi connectivity index (χ1) is 14.1. The number of halogens is 3. The number of sulfonamides is 1. The van der Waals surface area contributed by atoms with Crippen molar-refractivity contribution in [2.24, 2.45) is 0 Å². The van der Waals surface area contributed by atoms with Gasteiger partial charge in [-0.3, -0.25) is 9.52 Å². The molecule has 1 amide bonds. The van der Waals surface area contributed by atoms with Crippen molar-refractivity contribution < 1.29 is 26.4 Å². The Morgan fingerprint density at radius 2 is 1.53 bits per heavy atom. The fourth-order valence-electron chi connectivity index (χ4n) is 2.78. The average Bonchev–Trinajstić information content (AvgIpc) is 2.68. The molecule has 0 spiro atoms. The number of nitrogens with one attached hydrogen (secondary N) is 2. The van der Waals surface area contributed by atoms with Crippen molar-refractivity contribution in [3.05, 3.63) is 89.5 Å². The molecule has 0 fully saturated rings. The second-order valence-corrected chi connectivity index (χ2v) is 8.10. The van der Waals surface area contributed by atoms with Crippen LogP contribution in [0.15, 0.2) is 77.7 Å². The standard InChI is InChI=1S/C21H17F3N2O3S/c1-14-11-12-15(13-19(14)30(28,29)26-16-7-3-2-4-8-16)20(27)25-18-10-6-5-9-17(18)21(22,23)24/h2-13,26H,1H3,(H,25,27). The SMILES string of the molecule is Cc1ccc(C(=O)Nc2ccccc2C(F)(F)F)cc1S(=O)(=O)Nc1ccccc1. The van der Waals surface area contributed by atoms with E-state index in [9.17, 15) is 26.4 Å². The van der Waals surface area contributed by atoms with Gasteiger partial charge in [-0.25, -0.2) is 8.42 Å². The molecule has 0 radical (unpaired) electrons. The molecule has 3 aromatic carbocycles. The molecule has 0 unspecified atom stereocenters. The van der Waals surface area contributed by atoms with Gasteiger partial charge in [-0.2, -0.15) is 13.2 Å². The Balaban J connectivity index is 1.91. The van der Waals surface area contributed by atoms with Crippen LogP contribution in [0.25, 0.3) is 0 Å². The number of carbonyl (C=O) groups is 1. The number of carbonyl (C=O) groups excluding carboxylic acids is 1. The Kier molecular flexibility index (Phi) is 5.84. The third-order valence-electron chi connectivity index (χ3n) is 4.25. The highest BCUT2D eigenvalue weighted by atomic mass is 32.2. The lowest BCUT2D eigenvalue weighted by atomic mass is 10.1. The summed E-state index contributed by atoms with van der Waals surface area (Å²) in [6.45, 7) is 1.56. The fourth-order valence-corrected chi connectivity index (χ4v) is 4.11. The minimum Gasteiger partial charge on any atom is -0.321 e. The van der Waals surface area contributed by atoms with E-state index >= 15 is 0 Å². The molecule has 0 bridgehead atoms. The van der Waals surface area contributed by atoms with Crippen molar-refractivity contribution in [1.82, 2.24) is 0 Å². The lowest BCUT2D eigenvalue weighted by Gasteiger charge is -2.15. The first-order valence-corrected chi connectivity index (χ1v) is 10.2. The average molecular weight is 434 g/mol. The number of para-hydroxylation sites is 2. The van der Waals surface area contributed by atoms with Gasteiger partial charge >= 0.3 is 6.18 Å². The molecule has 0 aliphatic heterocycles. The zero-order valence-electron chi connectivity index (χ0n) is 15.7. The van der Waals surface area contributed by atoms with Crippen LogP contribution in [0.2, 0.25) is 0 Å². The summed E-state index contributed by atoms with van der Waals surface area (Å²) in [6, 6.07) is 16.6. The Hall–Kier alpha value is -3.33. The number of amides is 1. The first-order valence-electron chi connectivity index (χ1n) is 8.74. The number of benzene rings is 3. The van der Waals surface area contributed by atoms with Crippen LogP contribution >= 0.6 is 0 Å². The Morgan fingerprint density at radius 1 is 0.900 bits per heavy atom. The third-order valence-corrected chi connectivity index (χ3v) is 5.77. The quantitative estimate of drug-likeness (QED) is 0.589. The molecule has 0 heterocycles. The van der Waals surface area contributed by atoms with Crippen molar-refractivity contribution >= 4 is 27.3 Å². The van der Waals surface area contributed by atoms with Crippen molar-refractivity contribution in [2.45, 2.75) is 18.0 Å². The molecule has 0 saturated carbocycles. The second-order valence-electron chi connectivity index (χ2n) is 6.45. The number of rotatable bonds is 5. The normalized spacial score (nSPS) is 11.7. The number of hydrogen-bond acceptors (Lipinski definition) is 3. The van der Waals surface area contributed by atoms with Gasteiger partial charge in [-0.1, -0.05) is 36.4 Å². The molecule has 0 aliphatic carbocycles. The van der Waals surface area contributed by atoms with Crippen LogP contribution in [0, 0.1) is 6.92 Å². The number of anilines is 2. The van der Waals surface area contributed by atoms with Gasteiger partial charge in [0.2, 0.25) is 0 Å². The smallest absolute Gasteiger partial charge is 0.321 e. The third kappa shape index (κ3) is 4.80. The second kappa shape index (κ2) is 8.19. The Morgan fingerprint density at radius 3 is 2.20 bits per heavy atom. The Labute approximate surface area is 171 Å². The maximum Gasteiger partial charge on any atom is 0.418 e. The van der Waals surface area contributed by atoms with Crippen molar-refractivity contribution in [2.75, 3.05) is 10.0 Å². The molecule has 30 heavy (non-hydrogen) atoms. The Bertz CT molecular complexity index is 1180. The van der Waals surface area contributed by atoms with Crippen molar-refractivity contribution in [3.63, 3.8) is 0 Å². The van der Waals surface area contributed by atoms with Crippen LogP contribution < -0.4 is 10.0 Å². The highest BCUT2D eigenvalue weighted by molar-refractivity contribution is 7.92. The van der Waals surface area contributed by atoms with Gasteiger partial charge in [0.15, 0.2) is 0 Å². The molecular formula is C21H17F3N2O3S. The van der Waals surface area contributed by atoms with Crippen LogP contribution in [0.1, 0.15) is 21.5 Å². The zero-order chi connectivity index (χ0) is 21.9. The van der Waals surface area contributed by atoms with Crippen LogP contribution in [0.4, 0.5) is 24.5 Å². The van der Waals surface area contributed by atoms with E-state index in [4.69, 9.17) is 0 Å². The van der Waals surface area contributed by atoms with Gasteiger partial charge in [0, 0.05) is 11.3 Å². The van der Waals surface area contributed by atoms with Crippen LogP contribution in [-0.4, -0.2) is 14.3 Å². The van der Waals surface area contributed by atoms with Gasteiger partial charge in [0.25, 0.3) is 15.9 Å². The maximum atomic E-state index is 13.1. The summed E-state index contributed by atoms with van der Waals surface area (Å²) < 4.78 is 67.3. The molecule has 0 aromatic heterocycles. The van der Waals surface area contributed by atoms with E-state index in [1.54, 1.807) is 37.3 Å². The summed E-state index contributed by atoms with van der Waals surface area (Å²) in [6.07, 6.45) is -4.65. The van der Waals surface area contributed by atoms with E-state index in [0.717, 1.165) is 18.2 Å². The van der Waals surface area contributed by atoms with E-state index in [-0.39, 0.29) is 10.5 Å². The first kappa shape index (κ1) is 21.4. The molecular weight excluding hydrogens is 417 g/mol. The molecule has 0 saturated heterocycles. The molecule has 0 atom stereocenters. The van der Waals surface area contributed by atoms with Gasteiger partial charge in [-0.15, -0.1) is 0 Å². The lowest BCUT2D eigenvalue weighted by Crippen LogP contribution is -2.18. The van der Waals surface area contributed by atoms with E-state index in [1.165, 1.54) is 24.3 Å². The van der Waals surface area contributed by atoms with Crippen molar-refractivity contribution in [3.8, 4) is 0 Å². The van der Waals surface area contributed by atoms with Crippen LogP contribution in [-0.2, 0) is 16.2 Å². The number of aryl methyl sites for hydroxylation is 1. The van der Waals surface area contributed by atoms with Crippen molar-refractivity contribution in [1.29, 1.82) is 0 Å². The van der Waals surface area contributed by atoms with E-state index in [1.807, 2.05) is 0 Å². The minimum atomic E-state index is -4.65. The topological polar surface area (TPSA) is 75.3 Å². The summed E-state index contributed by atoms with van der Waals surface area (Å²) in [5.41, 5.74) is -0.783. The highest BCUT2D eigenvalue weighted by Gasteiger charge is 2.33. The van der Waals surface area contributed by atoms with Gasteiger partial charge in [0.05, 0.1) is 16.1 Å². The molecule has 9 heteroatoms. The van der Waals surface area contributed by atoms with E-state index in [0.29, 0.717) is 11.3 Å². The summed E-state index contributed by atoms with van der Waals surface area (Å²) in [7, 11) is -4.01.